The second-order valence-corrected chi connectivity index (χ2v) is 4.28. The van der Waals surface area contributed by atoms with Crippen LogP contribution in [-0.2, 0) is 4.74 Å². The lowest BCUT2D eigenvalue weighted by atomic mass is 10.3. The lowest BCUT2D eigenvalue weighted by Gasteiger charge is -2.26. The normalized spacial score (nSPS) is 16.1. The summed E-state index contributed by atoms with van der Waals surface area (Å²) in [7, 11) is 0. The maximum Gasteiger partial charge on any atom is 0.269 e. The summed E-state index contributed by atoms with van der Waals surface area (Å²) in [6.07, 6.45) is 1.55. The number of carbonyl (C=O) groups excluding carboxylic acids is 1. The van der Waals surface area contributed by atoms with E-state index in [0.717, 1.165) is 32.8 Å². The van der Waals surface area contributed by atoms with Crippen molar-refractivity contribution in [2.45, 2.75) is 0 Å². The molecule has 2 rings (SSSR count). The van der Waals surface area contributed by atoms with Crippen molar-refractivity contribution < 1.29 is 9.53 Å². The average Bonchev–Trinajstić information content (AvgIpc) is 2.48. The minimum Gasteiger partial charge on any atom is -0.379 e. The van der Waals surface area contributed by atoms with Crippen molar-refractivity contribution in [1.82, 2.24) is 15.2 Å². The third-order valence-corrected chi connectivity index (χ3v) is 2.98. The Morgan fingerprint density at radius 1 is 1.47 bits per heavy atom. The minimum absolute atomic E-state index is 0.189. The van der Waals surface area contributed by atoms with Crippen LogP contribution < -0.4 is 16.6 Å². The Morgan fingerprint density at radius 3 is 3.00 bits per heavy atom. The van der Waals surface area contributed by atoms with E-state index in [-0.39, 0.29) is 5.91 Å². The number of nitrogen functional groups attached to an aromatic ring is 1. The number of carbonyl (C=O) groups is 1. The maximum absolute atomic E-state index is 11.9. The smallest absolute Gasteiger partial charge is 0.269 e. The van der Waals surface area contributed by atoms with E-state index in [9.17, 15) is 4.79 Å². The second-order valence-electron chi connectivity index (χ2n) is 4.28. The molecule has 1 aliphatic heterocycles. The number of amides is 1. The summed E-state index contributed by atoms with van der Waals surface area (Å²) >= 11 is 0. The maximum atomic E-state index is 11.9. The van der Waals surface area contributed by atoms with Crippen LogP contribution in [0.4, 0.5) is 5.69 Å². The van der Waals surface area contributed by atoms with E-state index in [1.165, 1.54) is 0 Å². The number of aromatic nitrogens is 1. The van der Waals surface area contributed by atoms with Gasteiger partial charge in [0, 0.05) is 32.4 Å². The van der Waals surface area contributed by atoms with Crippen molar-refractivity contribution in [3.8, 4) is 0 Å². The molecule has 1 aliphatic rings. The SMILES string of the molecule is NNc1ccnc(C(=O)NCCN2CCOCC2)c1. The van der Waals surface area contributed by atoms with Crippen LogP contribution in [0.3, 0.4) is 0 Å². The average molecular weight is 265 g/mol. The van der Waals surface area contributed by atoms with Crippen LogP contribution in [0.2, 0.25) is 0 Å². The highest BCUT2D eigenvalue weighted by Crippen LogP contribution is 2.05. The summed E-state index contributed by atoms with van der Waals surface area (Å²) in [5.74, 6) is 5.10. The number of nitrogens with two attached hydrogens (primary N) is 1. The molecule has 1 amide bonds. The van der Waals surface area contributed by atoms with E-state index >= 15 is 0 Å². The predicted molar refractivity (Wildman–Crippen MR) is 71.6 cm³/mol. The molecule has 0 radical (unpaired) electrons. The summed E-state index contributed by atoms with van der Waals surface area (Å²) in [6.45, 7) is 4.78. The molecule has 7 heteroatoms. The first-order chi connectivity index (χ1) is 9.29. The van der Waals surface area contributed by atoms with Crippen molar-refractivity contribution in [2.24, 2.45) is 5.84 Å². The van der Waals surface area contributed by atoms with Gasteiger partial charge in [-0.2, -0.15) is 0 Å². The van der Waals surface area contributed by atoms with E-state index in [1.807, 2.05) is 0 Å². The van der Waals surface area contributed by atoms with Gasteiger partial charge < -0.3 is 15.5 Å². The van der Waals surface area contributed by atoms with Gasteiger partial charge in [-0.15, -0.1) is 0 Å². The molecule has 0 atom stereocenters. The van der Waals surface area contributed by atoms with Crippen molar-refractivity contribution >= 4 is 11.6 Å². The predicted octanol–water partition coefficient (Wildman–Crippen LogP) is -0.571. The fraction of sp³-hybridized carbons (Fsp3) is 0.500. The number of hydrazine groups is 1. The van der Waals surface area contributed by atoms with Crippen molar-refractivity contribution in [3.05, 3.63) is 24.0 Å². The Labute approximate surface area is 112 Å². The fourth-order valence-electron chi connectivity index (χ4n) is 1.89. The van der Waals surface area contributed by atoms with Crippen molar-refractivity contribution in [2.75, 3.05) is 44.8 Å². The highest BCUT2D eigenvalue weighted by molar-refractivity contribution is 5.93. The highest BCUT2D eigenvalue weighted by Gasteiger charge is 2.11. The van der Waals surface area contributed by atoms with Gasteiger partial charge in [0.25, 0.3) is 5.91 Å². The summed E-state index contributed by atoms with van der Waals surface area (Å²) in [6, 6.07) is 3.31. The molecule has 0 saturated carbocycles. The Hall–Kier alpha value is -1.70. The molecule has 0 bridgehead atoms. The van der Waals surface area contributed by atoms with E-state index in [0.29, 0.717) is 17.9 Å². The van der Waals surface area contributed by atoms with Gasteiger partial charge in [0.15, 0.2) is 0 Å². The molecule has 1 aromatic heterocycles. The zero-order valence-corrected chi connectivity index (χ0v) is 10.8. The number of nitrogens with one attached hydrogen (secondary N) is 2. The summed E-state index contributed by atoms with van der Waals surface area (Å²) in [5, 5.41) is 2.85. The largest absolute Gasteiger partial charge is 0.379 e. The van der Waals surface area contributed by atoms with Crippen molar-refractivity contribution in [3.63, 3.8) is 0 Å². The molecule has 19 heavy (non-hydrogen) atoms. The Bertz CT molecular complexity index is 420. The van der Waals surface area contributed by atoms with Crippen LogP contribution in [0.1, 0.15) is 10.5 Å². The van der Waals surface area contributed by atoms with Gasteiger partial charge >= 0.3 is 0 Å². The second kappa shape index (κ2) is 7.03. The van der Waals surface area contributed by atoms with Gasteiger partial charge in [-0.1, -0.05) is 0 Å². The number of rotatable bonds is 5. The first-order valence-electron chi connectivity index (χ1n) is 6.30. The number of pyridine rings is 1. The first-order valence-corrected chi connectivity index (χ1v) is 6.30. The molecule has 1 fully saturated rings. The zero-order valence-electron chi connectivity index (χ0n) is 10.8. The molecule has 0 aliphatic carbocycles. The van der Waals surface area contributed by atoms with Crippen LogP contribution in [-0.4, -0.2) is 55.2 Å². The molecule has 0 spiro atoms. The number of ether oxygens (including phenoxy) is 1. The number of nitrogens with zero attached hydrogens (tertiary/aromatic N) is 2. The summed E-state index contributed by atoms with van der Waals surface area (Å²) < 4.78 is 5.26. The Morgan fingerprint density at radius 2 is 2.26 bits per heavy atom. The molecule has 1 aromatic rings. The van der Waals surface area contributed by atoms with Gasteiger partial charge in [0.1, 0.15) is 5.69 Å². The van der Waals surface area contributed by atoms with E-state index in [4.69, 9.17) is 10.6 Å². The van der Waals surface area contributed by atoms with Crippen LogP contribution >= 0.6 is 0 Å². The number of morpholine rings is 1. The Balaban J connectivity index is 1.77. The number of hydrogen-bond acceptors (Lipinski definition) is 6. The Kier molecular flexibility index (Phi) is 5.08. The molecule has 0 aromatic carbocycles. The van der Waals surface area contributed by atoms with E-state index < -0.39 is 0 Å². The van der Waals surface area contributed by atoms with Gasteiger partial charge in [-0.05, 0) is 12.1 Å². The van der Waals surface area contributed by atoms with E-state index in [1.54, 1.807) is 18.3 Å². The molecule has 2 heterocycles. The number of hydrogen-bond donors (Lipinski definition) is 3. The molecule has 1 saturated heterocycles. The summed E-state index contributed by atoms with van der Waals surface area (Å²) in [5.41, 5.74) is 3.51. The van der Waals surface area contributed by atoms with E-state index in [2.05, 4.69) is 20.6 Å². The standard InChI is InChI=1S/C12H19N5O2/c13-16-10-1-2-14-11(9-10)12(18)15-3-4-17-5-7-19-8-6-17/h1-2,9H,3-8,13H2,(H,14,16)(H,15,18). The topological polar surface area (TPSA) is 92.5 Å². The molecular formula is C12H19N5O2. The monoisotopic (exact) mass is 265 g/mol. The first kappa shape index (κ1) is 13.7. The molecule has 7 nitrogen and oxygen atoms in total. The zero-order chi connectivity index (χ0) is 13.5. The van der Waals surface area contributed by atoms with Crippen LogP contribution in [0, 0.1) is 0 Å². The molecular weight excluding hydrogens is 246 g/mol. The summed E-state index contributed by atoms with van der Waals surface area (Å²) in [4.78, 5) is 18.1. The fourth-order valence-corrected chi connectivity index (χ4v) is 1.89. The van der Waals surface area contributed by atoms with Crippen LogP contribution in [0.15, 0.2) is 18.3 Å². The van der Waals surface area contributed by atoms with Gasteiger partial charge in [0.05, 0.1) is 18.9 Å². The number of anilines is 1. The lowest BCUT2D eigenvalue weighted by molar-refractivity contribution is 0.0383. The third-order valence-electron chi connectivity index (χ3n) is 2.98. The van der Waals surface area contributed by atoms with Crippen LogP contribution in [0.5, 0.6) is 0 Å². The van der Waals surface area contributed by atoms with Gasteiger partial charge in [0.2, 0.25) is 0 Å². The van der Waals surface area contributed by atoms with Crippen molar-refractivity contribution in [1.29, 1.82) is 0 Å². The lowest BCUT2D eigenvalue weighted by Crippen LogP contribution is -2.41. The highest BCUT2D eigenvalue weighted by atomic mass is 16.5. The molecule has 0 unspecified atom stereocenters. The molecule has 4 N–H and O–H groups in total. The third kappa shape index (κ3) is 4.16. The van der Waals surface area contributed by atoms with Gasteiger partial charge in [-0.25, -0.2) is 0 Å². The quantitative estimate of drug-likeness (QED) is 0.488. The van der Waals surface area contributed by atoms with Crippen LogP contribution in [0.25, 0.3) is 0 Å². The molecule has 104 valence electrons. The minimum atomic E-state index is -0.189. The van der Waals surface area contributed by atoms with Gasteiger partial charge in [-0.3, -0.25) is 20.5 Å².